The molecule has 4 rings (SSSR count). The highest BCUT2D eigenvalue weighted by molar-refractivity contribution is 6.03. The Labute approximate surface area is 171 Å². The molecule has 1 N–H and O–H groups in total. The second-order valence-electron chi connectivity index (χ2n) is 7.29. The topological polar surface area (TPSA) is 61.4 Å². The van der Waals surface area contributed by atoms with Crippen LogP contribution in [-0.2, 0) is 0 Å². The van der Waals surface area contributed by atoms with E-state index >= 15 is 0 Å². The molecule has 148 valence electrons. The Morgan fingerprint density at radius 3 is 2.31 bits per heavy atom. The Morgan fingerprint density at radius 1 is 0.862 bits per heavy atom. The molecule has 29 heavy (non-hydrogen) atoms. The van der Waals surface area contributed by atoms with Crippen LogP contribution in [0.15, 0.2) is 60.7 Å². The Bertz CT molecular complexity index is 997. The highest BCUT2D eigenvalue weighted by Gasteiger charge is 2.20. The number of amides is 1. The molecule has 0 radical (unpaired) electrons. The first-order valence-corrected chi connectivity index (χ1v) is 9.87. The minimum absolute atomic E-state index is 0.221. The van der Waals surface area contributed by atoms with Gasteiger partial charge in [0.05, 0.1) is 0 Å². The third-order valence-corrected chi connectivity index (χ3v) is 5.06. The highest BCUT2D eigenvalue weighted by atomic mass is 16.1. The van der Waals surface area contributed by atoms with Crippen molar-refractivity contribution in [1.29, 1.82) is 0 Å². The molecule has 3 aromatic rings. The molecule has 2 heterocycles. The lowest BCUT2D eigenvalue weighted by Gasteiger charge is -2.37. The van der Waals surface area contributed by atoms with Crippen molar-refractivity contribution in [3.8, 4) is 0 Å². The zero-order chi connectivity index (χ0) is 20.2. The smallest absolute Gasteiger partial charge is 0.274 e. The van der Waals surface area contributed by atoms with Crippen molar-refractivity contribution in [2.75, 3.05) is 41.3 Å². The average molecular weight is 387 g/mol. The fraction of sp³-hybridized carbons (Fsp3) is 0.261. The second-order valence-corrected chi connectivity index (χ2v) is 7.29. The van der Waals surface area contributed by atoms with Crippen LogP contribution in [0.3, 0.4) is 0 Å². The van der Waals surface area contributed by atoms with Crippen molar-refractivity contribution >= 4 is 23.1 Å². The highest BCUT2D eigenvalue weighted by Crippen LogP contribution is 2.21. The number of rotatable bonds is 4. The van der Waals surface area contributed by atoms with Crippen LogP contribution in [0.5, 0.6) is 0 Å². The zero-order valence-electron chi connectivity index (χ0n) is 16.8. The molecule has 1 amide bonds. The van der Waals surface area contributed by atoms with Crippen molar-refractivity contribution in [2.24, 2.45) is 0 Å². The summed E-state index contributed by atoms with van der Waals surface area (Å²) in [5, 5.41) is 2.89. The van der Waals surface area contributed by atoms with Gasteiger partial charge in [0.15, 0.2) is 0 Å². The number of piperazine rings is 1. The normalized spacial score (nSPS) is 14.0. The first-order valence-electron chi connectivity index (χ1n) is 9.87. The third kappa shape index (κ3) is 4.54. The average Bonchev–Trinajstić information content (AvgIpc) is 2.74. The molecule has 0 atom stereocenters. The molecular formula is C23H25N5O. The van der Waals surface area contributed by atoms with E-state index in [0.717, 1.165) is 37.7 Å². The van der Waals surface area contributed by atoms with Crippen molar-refractivity contribution < 1.29 is 4.79 Å². The number of hydrogen-bond donors (Lipinski definition) is 1. The largest absolute Gasteiger partial charge is 0.368 e. The molecule has 0 aliphatic carbocycles. The number of nitrogens with zero attached hydrogens (tertiary/aromatic N) is 4. The van der Waals surface area contributed by atoms with E-state index in [1.54, 1.807) is 6.07 Å². The molecule has 2 aromatic carbocycles. The van der Waals surface area contributed by atoms with Gasteiger partial charge in [0.1, 0.15) is 17.3 Å². The van der Waals surface area contributed by atoms with E-state index < -0.39 is 0 Å². The molecule has 6 nitrogen and oxygen atoms in total. The van der Waals surface area contributed by atoms with Crippen molar-refractivity contribution in [1.82, 2.24) is 9.97 Å². The summed E-state index contributed by atoms with van der Waals surface area (Å²) in [7, 11) is 0. The maximum atomic E-state index is 12.6. The van der Waals surface area contributed by atoms with Gasteiger partial charge in [-0.15, -0.1) is 0 Å². The second kappa shape index (κ2) is 8.31. The van der Waals surface area contributed by atoms with Crippen LogP contribution in [0, 0.1) is 13.8 Å². The standard InChI is InChI=1S/C23H25N5O/c1-17-7-6-10-20(15-17)27-11-13-28(14-12-27)22-16-21(24-18(2)25-22)23(29)26-19-8-4-3-5-9-19/h3-10,15-16H,11-14H2,1-2H3,(H,26,29). The number of aryl methyl sites for hydroxylation is 2. The Balaban J connectivity index is 1.46. The number of carbonyl (C=O) groups excluding carboxylic acids is 1. The molecule has 0 saturated carbocycles. The van der Waals surface area contributed by atoms with E-state index in [9.17, 15) is 4.79 Å². The van der Waals surface area contributed by atoms with E-state index in [-0.39, 0.29) is 5.91 Å². The molecule has 0 spiro atoms. The van der Waals surface area contributed by atoms with Crippen molar-refractivity contribution in [2.45, 2.75) is 13.8 Å². The van der Waals surface area contributed by atoms with Gasteiger partial charge in [0.2, 0.25) is 0 Å². The molecule has 0 bridgehead atoms. The number of carbonyl (C=O) groups is 1. The lowest BCUT2D eigenvalue weighted by Crippen LogP contribution is -2.47. The molecule has 1 aliphatic heterocycles. The predicted molar refractivity (Wildman–Crippen MR) is 117 cm³/mol. The summed E-state index contributed by atoms with van der Waals surface area (Å²) in [4.78, 5) is 26.2. The fourth-order valence-corrected chi connectivity index (χ4v) is 3.57. The Hall–Kier alpha value is -3.41. The van der Waals surface area contributed by atoms with Crippen LogP contribution < -0.4 is 15.1 Å². The van der Waals surface area contributed by atoms with Gasteiger partial charge in [0.25, 0.3) is 5.91 Å². The van der Waals surface area contributed by atoms with Crippen LogP contribution in [0.25, 0.3) is 0 Å². The first kappa shape index (κ1) is 18.9. The first-order chi connectivity index (χ1) is 14.1. The fourth-order valence-electron chi connectivity index (χ4n) is 3.57. The SMILES string of the molecule is Cc1cccc(N2CCN(c3cc(C(=O)Nc4ccccc4)nc(C)n3)CC2)c1. The summed E-state index contributed by atoms with van der Waals surface area (Å²) in [5.74, 6) is 1.18. The summed E-state index contributed by atoms with van der Waals surface area (Å²) in [6.07, 6.45) is 0. The van der Waals surface area contributed by atoms with Gasteiger partial charge in [0, 0.05) is 43.6 Å². The van der Waals surface area contributed by atoms with Gasteiger partial charge in [-0.25, -0.2) is 9.97 Å². The van der Waals surface area contributed by atoms with E-state index in [1.165, 1.54) is 11.3 Å². The molecule has 6 heteroatoms. The van der Waals surface area contributed by atoms with Crippen molar-refractivity contribution in [3.05, 3.63) is 77.7 Å². The molecule has 1 aromatic heterocycles. The monoisotopic (exact) mass is 387 g/mol. The molecule has 1 fully saturated rings. The van der Waals surface area contributed by atoms with E-state index in [4.69, 9.17) is 0 Å². The lowest BCUT2D eigenvalue weighted by atomic mass is 10.2. The number of anilines is 3. The summed E-state index contributed by atoms with van der Waals surface area (Å²) in [6, 6.07) is 19.8. The number of nitrogens with one attached hydrogen (secondary N) is 1. The Kier molecular flexibility index (Phi) is 5.42. The minimum atomic E-state index is -0.221. The summed E-state index contributed by atoms with van der Waals surface area (Å²) in [5.41, 5.74) is 3.66. The van der Waals surface area contributed by atoms with Gasteiger partial charge >= 0.3 is 0 Å². The summed E-state index contributed by atoms with van der Waals surface area (Å²) in [6.45, 7) is 7.47. The number of benzene rings is 2. The van der Waals surface area contributed by atoms with Crippen LogP contribution in [0.4, 0.5) is 17.2 Å². The Morgan fingerprint density at radius 2 is 1.59 bits per heavy atom. The lowest BCUT2D eigenvalue weighted by molar-refractivity contribution is 0.102. The van der Waals surface area contributed by atoms with E-state index in [1.807, 2.05) is 37.3 Å². The quantitative estimate of drug-likeness (QED) is 0.740. The maximum Gasteiger partial charge on any atom is 0.274 e. The third-order valence-electron chi connectivity index (χ3n) is 5.06. The molecular weight excluding hydrogens is 362 g/mol. The van der Waals surface area contributed by atoms with Gasteiger partial charge in [-0.05, 0) is 43.7 Å². The van der Waals surface area contributed by atoms with Gasteiger partial charge in [-0.2, -0.15) is 0 Å². The summed E-state index contributed by atoms with van der Waals surface area (Å²) >= 11 is 0. The van der Waals surface area contributed by atoms with Gasteiger partial charge < -0.3 is 15.1 Å². The molecule has 0 unspecified atom stereocenters. The van der Waals surface area contributed by atoms with Gasteiger partial charge in [-0.1, -0.05) is 30.3 Å². The van der Waals surface area contributed by atoms with Crippen LogP contribution in [-0.4, -0.2) is 42.1 Å². The maximum absolute atomic E-state index is 12.6. The number of hydrogen-bond acceptors (Lipinski definition) is 5. The number of aromatic nitrogens is 2. The minimum Gasteiger partial charge on any atom is -0.368 e. The predicted octanol–water partition coefficient (Wildman–Crippen LogP) is 3.67. The van der Waals surface area contributed by atoms with Crippen LogP contribution in [0.2, 0.25) is 0 Å². The van der Waals surface area contributed by atoms with E-state index in [0.29, 0.717) is 11.5 Å². The van der Waals surface area contributed by atoms with Gasteiger partial charge in [-0.3, -0.25) is 4.79 Å². The molecule has 1 saturated heterocycles. The molecule has 1 aliphatic rings. The van der Waals surface area contributed by atoms with Crippen LogP contribution >= 0.6 is 0 Å². The summed E-state index contributed by atoms with van der Waals surface area (Å²) < 4.78 is 0. The van der Waals surface area contributed by atoms with E-state index in [2.05, 4.69) is 56.3 Å². The zero-order valence-corrected chi connectivity index (χ0v) is 16.8. The van der Waals surface area contributed by atoms with Crippen molar-refractivity contribution in [3.63, 3.8) is 0 Å². The number of para-hydroxylation sites is 1. The van der Waals surface area contributed by atoms with Crippen LogP contribution in [0.1, 0.15) is 21.9 Å².